The third-order valence-corrected chi connectivity index (χ3v) is 6.06. The van der Waals surface area contributed by atoms with Crippen molar-refractivity contribution in [2.75, 3.05) is 6.54 Å². The highest BCUT2D eigenvalue weighted by Crippen LogP contribution is 2.42. The van der Waals surface area contributed by atoms with Gasteiger partial charge >= 0.3 is 6.18 Å². The first-order valence-corrected chi connectivity index (χ1v) is 9.31. The first kappa shape index (κ1) is 18.3. The Kier molecular flexibility index (Phi) is 5.40. The lowest BCUT2D eigenvalue weighted by molar-refractivity contribution is -0.186. The first-order chi connectivity index (χ1) is 11.9. The van der Waals surface area contributed by atoms with E-state index in [9.17, 15) is 18.0 Å². The van der Waals surface area contributed by atoms with Crippen LogP contribution in [0.3, 0.4) is 0 Å². The zero-order valence-corrected chi connectivity index (χ0v) is 14.4. The van der Waals surface area contributed by atoms with Crippen LogP contribution in [0.4, 0.5) is 13.2 Å². The molecule has 1 aromatic rings. The maximum absolute atomic E-state index is 13.0. The molecule has 0 aromatic heterocycles. The number of hydrogen-bond donors (Lipinski definition) is 1. The van der Waals surface area contributed by atoms with Gasteiger partial charge in [-0.3, -0.25) is 4.79 Å². The zero-order valence-electron chi connectivity index (χ0n) is 14.4. The van der Waals surface area contributed by atoms with Crippen LogP contribution in [0.5, 0.6) is 0 Å². The minimum absolute atomic E-state index is 0.0605. The molecule has 2 aliphatic rings. The van der Waals surface area contributed by atoms with E-state index < -0.39 is 18.0 Å². The normalized spacial score (nSPS) is 26.4. The van der Waals surface area contributed by atoms with Crippen LogP contribution < -0.4 is 5.32 Å². The van der Waals surface area contributed by atoms with Crippen molar-refractivity contribution in [1.29, 1.82) is 0 Å². The Morgan fingerprint density at radius 1 is 1.08 bits per heavy atom. The lowest BCUT2D eigenvalue weighted by atomic mass is 9.78. The van der Waals surface area contributed by atoms with Gasteiger partial charge in [0.25, 0.3) is 0 Å². The molecular formula is C20H26F3NO. The molecule has 1 N–H and O–H groups in total. The van der Waals surface area contributed by atoms with Gasteiger partial charge in [-0.2, -0.15) is 13.2 Å². The standard InChI is InChI=1S/C20H26F3NO/c21-20(22,23)17-10-6-7-15(13-17)18(25)24-14-19(11-4-5-12-19)16-8-2-1-3-9-16/h1-3,8-9,15,17H,4-7,10-14H2,(H,24,25). The lowest BCUT2D eigenvalue weighted by Gasteiger charge is -2.33. The van der Waals surface area contributed by atoms with Crippen LogP contribution in [0.15, 0.2) is 30.3 Å². The van der Waals surface area contributed by atoms with Gasteiger partial charge in [0.2, 0.25) is 5.91 Å². The Hall–Kier alpha value is -1.52. The lowest BCUT2D eigenvalue weighted by Crippen LogP contribution is -2.43. The quantitative estimate of drug-likeness (QED) is 0.812. The topological polar surface area (TPSA) is 29.1 Å². The molecule has 0 radical (unpaired) electrons. The fourth-order valence-corrected chi connectivity index (χ4v) is 4.54. The van der Waals surface area contributed by atoms with Crippen molar-refractivity contribution in [2.45, 2.75) is 63.0 Å². The second-order valence-electron chi connectivity index (χ2n) is 7.67. The van der Waals surface area contributed by atoms with Crippen LogP contribution in [0, 0.1) is 11.8 Å². The molecule has 2 unspecified atom stereocenters. The SMILES string of the molecule is O=C(NCC1(c2ccccc2)CCCC1)C1CCCC(C(F)(F)F)C1. The highest BCUT2D eigenvalue weighted by atomic mass is 19.4. The van der Waals surface area contributed by atoms with E-state index in [-0.39, 0.29) is 24.2 Å². The summed E-state index contributed by atoms with van der Waals surface area (Å²) in [5.74, 6) is -2.03. The fraction of sp³-hybridized carbons (Fsp3) is 0.650. The molecule has 0 saturated heterocycles. The van der Waals surface area contributed by atoms with Gasteiger partial charge in [-0.15, -0.1) is 0 Å². The third-order valence-electron chi connectivity index (χ3n) is 6.06. The average Bonchev–Trinajstić information content (AvgIpc) is 3.10. The van der Waals surface area contributed by atoms with Crippen LogP contribution in [0.2, 0.25) is 0 Å². The number of halogens is 3. The van der Waals surface area contributed by atoms with E-state index in [2.05, 4.69) is 17.4 Å². The summed E-state index contributed by atoms with van der Waals surface area (Å²) in [7, 11) is 0. The van der Waals surface area contributed by atoms with Gasteiger partial charge in [0.1, 0.15) is 0 Å². The Balaban J connectivity index is 1.63. The molecule has 0 bridgehead atoms. The summed E-state index contributed by atoms with van der Waals surface area (Å²) in [6.45, 7) is 0.531. The summed E-state index contributed by atoms with van der Waals surface area (Å²) in [5, 5.41) is 3.00. The van der Waals surface area contributed by atoms with Gasteiger partial charge in [0, 0.05) is 17.9 Å². The molecule has 3 rings (SSSR count). The maximum atomic E-state index is 13.0. The molecule has 2 saturated carbocycles. The van der Waals surface area contributed by atoms with E-state index in [1.54, 1.807) is 0 Å². The molecule has 1 aromatic carbocycles. The zero-order chi connectivity index (χ0) is 17.9. The van der Waals surface area contributed by atoms with E-state index in [4.69, 9.17) is 0 Å². The smallest absolute Gasteiger partial charge is 0.355 e. The van der Waals surface area contributed by atoms with Gasteiger partial charge in [-0.1, -0.05) is 49.6 Å². The molecule has 0 spiro atoms. The minimum Gasteiger partial charge on any atom is -0.355 e. The number of hydrogen-bond acceptors (Lipinski definition) is 1. The van der Waals surface area contributed by atoms with Crippen molar-refractivity contribution in [2.24, 2.45) is 11.8 Å². The third kappa shape index (κ3) is 4.18. The van der Waals surface area contributed by atoms with Crippen molar-refractivity contribution in [1.82, 2.24) is 5.32 Å². The van der Waals surface area contributed by atoms with Crippen LogP contribution in [-0.4, -0.2) is 18.6 Å². The summed E-state index contributed by atoms with van der Waals surface area (Å²) in [4.78, 5) is 12.5. The molecule has 0 heterocycles. The van der Waals surface area contributed by atoms with Crippen LogP contribution >= 0.6 is 0 Å². The predicted octanol–water partition coefficient (Wildman–Crippen LogP) is 4.98. The number of rotatable bonds is 4. The Morgan fingerprint density at radius 3 is 2.40 bits per heavy atom. The van der Waals surface area contributed by atoms with E-state index in [0.29, 0.717) is 19.4 Å². The number of carbonyl (C=O) groups excluding carboxylic acids is 1. The Morgan fingerprint density at radius 2 is 1.76 bits per heavy atom. The molecule has 1 amide bonds. The van der Waals surface area contributed by atoms with Crippen LogP contribution in [0.1, 0.15) is 56.9 Å². The van der Waals surface area contributed by atoms with E-state index in [1.807, 2.05) is 18.2 Å². The molecule has 5 heteroatoms. The van der Waals surface area contributed by atoms with Crippen LogP contribution in [0.25, 0.3) is 0 Å². The maximum Gasteiger partial charge on any atom is 0.391 e. The summed E-state index contributed by atoms with van der Waals surface area (Å²) < 4.78 is 38.9. The second kappa shape index (κ2) is 7.38. The molecule has 2 nitrogen and oxygen atoms in total. The highest BCUT2D eigenvalue weighted by Gasteiger charge is 2.44. The molecule has 25 heavy (non-hydrogen) atoms. The number of carbonyl (C=O) groups is 1. The van der Waals surface area contributed by atoms with Gasteiger partial charge < -0.3 is 5.32 Å². The molecule has 2 atom stereocenters. The van der Waals surface area contributed by atoms with Crippen LogP contribution in [-0.2, 0) is 10.2 Å². The highest BCUT2D eigenvalue weighted by molar-refractivity contribution is 5.78. The van der Waals surface area contributed by atoms with Gasteiger partial charge in [0.05, 0.1) is 5.92 Å². The molecule has 0 aliphatic heterocycles. The molecule has 2 fully saturated rings. The van der Waals surface area contributed by atoms with Gasteiger partial charge in [-0.25, -0.2) is 0 Å². The van der Waals surface area contributed by atoms with Crippen molar-refractivity contribution < 1.29 is 18.0 Å². The number of alkyl halides is 3. The second-order valence-corrected chi connectivity index (χ2v) is 7.67. The summed E-state index contributed by atoms with van der Waals surface area (Å²) in [6, 6.07) is 10.2. The summed E-state index contributed by atoms with van der Waals surface area (Å²) in [5.41, 5.74) is 1.17. The van der Waals surface area contributed by atoms with Crippen molar-refractivity contribution in [3.63, 3.8) is 0 Å². The minimum atomic E-state index is -4.18. The molecule has 138 valence electrons. The Labute approximate surface area is 147 Å². The molecular weight excluding hydrogens is 327 g/mol. The van der Waals surface area contributed by atoms with E-state index in [0.717, 1.165) is 25.7 Å². The average molecular weight is 353 g/mol. The monoisotopic (exact) mass is 353 g/mol. The largest absolute Gasteiger partial charge is 0.391 e. The first-order valence-electron chi connectivity index (χ1n) is 9.31. The summed E-state index contributed by atoms with van der Waals surface area (Å²) in [6.07, 6.45) is 1.25. The van der Waals surface area contributed by atoms with Crippen molar-refractivity contribution >= 4 is 5.91 Å². The summed E-state index contributed by atoms with van der Waals surface area (Å²) >= 11 is 0. The Bertz CT molecular complexity index is 578. The number of nitrogens with one attached hydrogen (secondary N) is 1. The molecule has 2 aliphatic carbocycles. The van der Waals surface area contributed by atoms with Crippen molar-refractivity contribution in [3.05, 3.63) is 35.9 Å². The van der Waals surface area contributed by atoms with E-state index >= 15 is 0 Å². The van der Waals surface area contributed by atoms with Gasteiger partial charge in [-0.05, 0) is 37.7 Å². The van der Waals surface area contributed by atoms with Crippen molar-refractivity contribution in [3.8, 4) is 0 Å². The van der Waals surface area contributed by atoms with E-state index in [1.165, 1.54) is 5.56 Å². The number of benzene rings is 1. The predicted molar refractivity (Wildman–Crippen MR) is 91.1 cm³/mol. The van der Waals surface area contributed by atoms with Gasteiger partial charge in [0.15, 0.2) is 0 Å². The fourth-order valence-electron chi connectivity index (χ4n) is 4.54. The number of amides is 1.